The number of allylic oxidation sites excluding steroid dienone is 1. The van der Waals surface area contributed by atoms with Crippen molar-refractivity contribution in [2.45, 2.75) is 83.1 Å². The van der Waals surface area contributed by atoms with Gasteiger partial charge in [0, 0.05) is 22.5 Å². The van der Waals surface area contributed by atoms with Crippen molar-refractivity contribution >= 4 is 16.5 Å². The predicted molar refractivity (Wildman–Crippen MR) is 142 cm³/mol. The molecule has 35 heavy (non-hydrogen) atoms. The van der Waals surface area contributed by atoms with Crippen LogP contribution in [0.3, 0.4) is 0 Å². The molecule has 2 unspecified atom stereocenters. The van der Waals surface area contributed by atoms with Gasteiger partial charge in [-0.05, 0) is 91.7 Å². The lowest BCUT2D eigenvalue weighted by Crippen LogP contribution is -2.28. The molecule has 1 aliphatic carbocycles. The van der Waals surface area contributed by atoms with Gasteiger partial charge in [0.1, 0.15) is 11.6 Å². The Bertz CT molecular complexity index is 1140. The van der Waals surface area contributed by atoms with Crippen LogP contribution in [0.1, 0.15) is 82.6 Å². The molecule has 186 valence electrons. The molecule has 2 aliphatic rings. The summed E-state index contributed by atoms with van der Waals surface area (Å²) in [6.07, 6.45) is 17.8. The van der Waals surface area contributed by atoms with E-state index in [1.54, 1.807) is 12.1 Å². The number of H-pyrrole nitrogens is 1. The number of hydrogen-bond acceptors (Lipinski definition) is 1. The van der Waals surface area contributed by atoms with Crippen LogP contribution >= 0.6 is 0 Å². The highest BCUT2D eigenvalue weighted by Crippen LogP contribution is 2.41. The van der Waals surface area contributed by atoms with E-state index < -0.39 is 0 Å². The molecule has 2 bridgehead atoms. The fraction of sp³-hybridized carbons (Fsp3) is 0.484. The minimum atomic E-state index is -0.247. The van der Waals surface area contributed by atoms with E-state index in [2.05, 4.69) is 16.4 Å². The Morgan fingerprint density at radius 3 is 2.23 bits per heavy atom. The lowest BCUT2D eigenvalue weighted by Gasteiger charge is -2.17. The van der Waals surface area contributed by atoms with Crippen LogP contribution in [0.15, 0.2) is 48.5 Å². The van der Waals surface area contributed by atoms with Crippen molar-refractivity contribution in [1.29, 1.82) is 0 Å². The quantitative estimate of drug-likeness (QED) is 0.380. The monoisotopic (exact) mass is 476 g/mol. The molecule has 1 aromatic heterocycles. The van der Waals surface area contributed by atoms with Gasteiger partial charge < -0.3 is 10.3 Å². The molecule has 5 rings (SSSR count). The van der Waals surface area contributed by atoms with Gasteiger partial charge in [0.25, 0.3) is 0 Å². The zero-order valence-electron chi connectivity index (χ0n) is 20.7. The molecule has 1 saturated heterocycles. The highest BCUT2D eigenvalue weighted by molar-refractivity contribution is 6.00. The summed E-state index contributed by atoms with van der Waals surface area (Å²) in [6.45, 7) is 1.06. The summed E-state index contributed by atoms with van der Waals surface area (Å²) in [7, 11) is 0. The van der Waals surface area contributed by atoms with Crippen molar-refractivity contribution in [3.05, 3.63) is 65.7 Å². The maximum Gasteiger partial charge on any atom is 0.125 e. The Balaban J connectivity index is 1.55. The average Bonchev–Trinajstić information content (AvgIpc) is 3.09. The molecule has 0 radical (unpaired) electrons. The third-order valence-corrected chi connectivity index (χ3v) is 7.96. The second kappa shape index (κ2) is 11.5. The first-order valence-electron chi connectivity index (χ1n) is 13.7. The van der Waals surface area contributed by atoms with Crippen LogP contribution in [-0.4, -0.2) is 17.6 Å². The number of aromatic amines is 1. The van der Waals surface area contributed by atoms with E-state index >= 15 is 0 Å². The summed E-state index contributed by atoms with van der Waals surface area (Å²) in [4.78, 5) is 3.48. The van der Waals surface area contributed by atoms with Gasteiger partial charge in [0.15, 0.2) is 0 Å². The van der Waals surface area contributed by atoms with Crippen LogP contribution in [-0.2, 0) is 0 Å². The van der Waals surface area contributed by atoms with Gasteiger partial charge in [-0.2, -0.15) is 0 Å². The second-order valence-electron chi connectivity index (χ2n) is 10.6. The Morgan fingerprint density at radius 1 is 0.714 bits per heavy atom. The Hall–Kier alpha value is -2.46. The molecule has 2 N–H and O–H groups in total. The Morgan fingerprint density at radius 2 is 1.43 bits per heavy atom. The summed E-state index contributed by atoms with van der Waals surface area (Å²) in [6, 6.07) is 12.0. The zero-order chi connectivity index (χ0) is 24.0. The minimum absolute atomic E-state index is 0.246. The van der Waals surface area contributed by atoms with Crippen LogP contribution in [0.5, 0.6) is 0 Å². The van der Waals surface area contributed by atoms with Gasteiger partial charge in [0.2, 0.25) is 0 Å². The third kappa shape index (κ3) is 6.03. The van der Waals surface area contributed by atoms with Crippen LogP contribution in [0, 0.1) is 17.6 Å². The average molecular weight is 477 g/mol. The van der Waals surface area contributed by atoms with Crippen molar-refractivity contribution in [3.63, 3.8) is 0 Å². The van der Waals surface area contributed by atoms with Crippen molar-refractivity contribution in [2.75, 3.05) is 6.54 Å². The molecular weight excluding hydrogens is 438 g/mol. The van der Waals surface area contributed by atoms with Crippen LogP contribution < -0.4 is 5.32 Å². The first kappa shape index (κ1) is 24.2. The van der Waals surface area contributed by atoms with Crippen LogP contribution in [0.4, 0.5) is 8.78 Å². The highest BCUT2D eigenvalue weighted by atomic mass is 19.1. The molecule has 2 atom stereocenters. The van der Waals surface area contributed by atoms with Crippen LogP contribution in [0.25, 0.3) is 27.7 Å². The molecule has 1 fully saturated rings. The molecule has 4 heteroatoms. The Kier molecular flexibility index (Phi) is 7.98. The Labute approximate surface area is 208 Å². The summed E-state index contributed by atoms with van der Waals surface area (Å²) in [5, 5.41) is 4.88. The number of fused-ring (bicyclic) bond motifs is 4. The minimum Gasteiger partial charge on any atom is -0.354 e. The summed E-state index contributed by atoms with van der Waals surface area (Å²) >= 11 is 0. The van der Waals surface area contributed by atoms with Crippen LogP contribution in [0.2, 0.25) is 0 Å². The van der Waals surface area contributed by atoms with E-state index in [4.69, 9.17) is 0 Å². The topological polar surface area (TPSA) is 27.8 Å². The van der Waals surface area contributed by atoms with Gasteiger partial charge in [0.05, 0.1) is 5.69 Å². The summed E-state index contributed by atoms with van der Waals surface area (Å²) < 4.78 is 27.9. The highest BCUT2D eigenvalue weighted by Gasteiger charge is 2.25. The molecule has 2 aromatic carbocycles. The van der Waals surface area contributed by atoms with Crippen molar-refractivity contribution in [1.82, 2.24) is 10.3 Å². The largest absolute Gasteiger partial charge is 0.354 e. The van der Waals surface area contributed by atoms with E-state index in [0.717, 1.165) is 47.1 Å². The fourth-order valence-corrected chi connectivity index (χ4v) is 6.06. The van der Waals surface area contributed by atoms with Gasteiger partial charge in [-0.25, -0.2) is 8.78 Å². The first-order chi connectivity index (χ1) is 17.2. The lowest BCUT2D eigenvalue weighted by atomic mass is 9.87. The lowest BCUT2D eigenvalue weighted by molar-refractivity contribution is 0.408. The number of nitrogens with one attached hydrogen (secondary N) is 2. The predicted octanol–water partition coefficient (Wildman–Crippen LogP) is 8.78. The number of hydrogen-bond donors (Lipinski definition) is 2. The van der Waals surface area contributed by atoms with Gasteiger partial charge in [-0.15, -0.1) is 0 Å². The molecular formula is C31H38F2N2. The first-order valence-corrected chi connectivity index (χ1v) is 13.7. The van der Waals surface area contributed by atoms with Gasteiger partial charge in [-0.3, -0.25) is 0 Å². The van der Waals surface area contributed by atoms with E-state index in [1.165, 1.54) is 81.9 Å². The molecule has 3 aromatic rings. The normalized spacial score (nSPS) is 22.9. The maximum absolute atomic E-state index is 14.1. The SMILES string of the molecule is Fc1ccc(-c2[nH]c3cc(F)ccc3c2C2=CC3CCC(CCCCCCCCCCN3)C2)cc1. The second-order valence-corrected chi connectivity index (χ2v) is 10.6. The van der Waals surface area contributed by atoms with Gasteiger partial charge >= 0.3 is 0 Å². The number of benzene rings is 2. The standard InChI is InChI=1S/C31H38F2N2/c32-25-13-11-23(12-14-25)31-30(28-17-15-26(33)21-29(28)35-31)24-19-22-9-7-5-3-1-2-4-6-8-18-34-27(20-24)16-10-22/h11-15,17,20-22,27,34-35H,1-10,16,18-19H2. The molecule has 2 heterocycles. The molecule has 0 amide bonds. The third-order valence-electron chi connectivity index (χ3n) is 7.96. The number of aromatic nitrogens is 1. The fourth-order valence-electron chi connectivity index (χ4n) is 6.06. The van der Waals surface area contributed by atoms with Crippen molar-refractivity contribution in [3.8, 4) is 11.3 Å². The van der Waals surface area contributed by atoms with E-state index in [1.807, 2.05) is 18.2 Å². The van der Waals surface area contributed by atoms with E-state index in [0.29, 0.717) is 12.0 Å². The van der Waals surface area contributed by atoms with Crippen molar-refractivity contribution < 1.29 is 8.78 Å². The summed E-state index contributed by atoms with van der Waals surface area (Å²) in [5.41, 5.74) is 5.20. The van der Waals surface area contributed by atoms with E-state index in [-0.39, 0.29) is 11.6 Å². The summed E-state index contributed by atoms with van der Waals surface area (Å²) in [5.74, 6) is 0.165. The number of rotatable bonds is 2. The molecule has 0 saturated carbocycles. The maximum atomic E-state index is 14.1. The number of halogens is 2. The van der Waals surface area contributed by atoms with Crippen molar-refractivity contribution in [2.24, 2.45) is 5.92 Å². The molecule has 2 nitrogen and oxygen atoms in total. The van der Waals surface area contributed by atoms with Gasteiger partial charge in [-0.1, -0.05) is 57.4 Å². The van der Waals surface area contributed by atoms with E-state index in [9.17, 15) is 8.78 Å². The molecule has 0 spiro atoms. The smallest absolute Gasteiger partial charge is 0.125 e. The zero-order valence-corrected chi connectivity index (χ0v) is 20.7. The molecule has 1 aliphatic heterocycles.